The van der Waals surface area contributed by atoms with E-state index in [1.54, 1.807) is 5.57 Å². The Bertz CT molecular complexity index is 1270. The van der Waals surface area contributed by atoms with E-state index in [0.29, 0.717) is 17.9 Å². The van der Waals surface area contributed by atoms with Crippen molar-refractivity contribution < 1.29 is 9.84 Å². The Kier molecular flexibility index (Phi) is 4.29. The lowest BCUT2D eigenvalue weighted by molar-refractivity contribution is -0.147. The predicted molar refractivity (Wildman–Crippen MR) is 139 cm³/mol. The van der Waals surface area contributed by atoms with Gasteiger partial charge >= 0.3 is 0 Å². The van der Waals surface area contributed by atoms with E-state index in [1.165, 1.54) is 60.4 Å². The van der Waals surface area contributed by atoms with Crippen molar-refractivity contribution in [1.29, 1.82) is 0 Å². The first-order chi connectivity index (χ1) is 17.0. The van der Waals surface area contributed by atoms with E-state index in [2.05, 4.69) is 66.4 Å². The second kappa shape index (κ2) is 7.09. The van der Waals surface area contributed by atoms with Gasteiger partial charge in [0.2, 0.25) is 0 Å². The molecule has 0 aromatic heterocycles. The smallest absolute Gasteiger partial charge is 0.0974 e. The first-order valence-electron chi connectivity index (χ1n) is 14.0. The maximum Gasteiger partial charge on any atom is 0.0974 e. The van der Waals surface area contributed by atoms with Crippen LogP contribution >= 0.6 is 0 Å². The minimum Gasteiger partial charge on any atom is -0.390 e. The van der Waals surface area contributed by atoms with Gasteiger partial charge in [-0.05, 0) is 96.1 Å². The van der Waals surface area contributed by atoms with Gasteiger partial charge in [0.25, 0.3) is 0 Å². The van der Waals surface area contributed by atoms with Gasteiger partial charge in [-0.15, -0.1) is 0 Å². The topological polar surface area (TPSA) is 32.7 Å². The van der Waals surface area contributed by atoms with Gasteiger partial charge in [-0.25, -0.2) is 0 Å². The van der Waals surface area contributed by atoms with E-state index >= 15 is 0 Å². The molecule has 182 valence electrons. The molecule has 2 aromatic rings. The number of rotatable bonds is 2. The third kappa shape index (κ3) is 2.78. The van der Waals surface area contributed by atoms with Crippen LogP contribution in [-0.4, -0.2) is 46.4 Å². The number of hydrogen-bond donors (Lipinski definition) is 1. The molecule has 6 atom stereocenters. The van der Waals surface area contributed by atoms with Crippen molar-refractivity contribution in [2.24, 2.45) is 11.3 Å². The van der Waals surface area contributed by atoms with Crippen LogP contribution in [0.4, 0.5) is 0 Å². The largest absolute Gasteiger partial charge is 0.390 e. The molecule has 1 N–H and O–H groups in total. The van der Waals surface area contributed by atoms with Gasteiger partial charge in [-0.3, -0.25) is 4.90 Å². The molecule has 6 aliphatic rings. The van der Waals surface area contributed by atoms with Crippen LogP contribution < -0.4 is 0 Å². The molecule has 8 rings (SSSR count). The number of hydrogen-bond acceptors (Lipinski definition) is 3. The maximum absolute atomic E-state index is 9.88. The van der Waals surface area contributed by atoms with Gasteiger partial charge in [0.1, 0.15) is 0 Å². The number of likely N-dealkylation sites (tertiary alicyclic amines) is 1. The molecule has 2 bridgehead atoms. The number of ether oxygens (including phenoxy) is 1. The summed E-state index contributed by atoms with van der Waals surface area (Å²) in [6.07, 6.45) is 14.6. The van der Waals surface area contributed by atoms with Gasteiger partial charge < -0.3 is 9.84 Å². The molecule has 35 heavy (non-hydrogen) atoms. The van der Waals surface area contributed by atoms with Crippen LogP contribution in [0.3, 0.4) is 0 Å². The van der Waals surface area contributed by atoms with Crippen molar-refractivity contribution in [3.63, 3.8) is 0 Å². The van der Waals surface area contributed by atoms with Gasteiger partial charge in [0, 0.05) is 19.1 Å². The van der Waals surface area contributed by atoms with Crippen LogP contribution in [0.2, 0.25) is 0 Å². The van der Waals surface area contributed by atoms with Gasteiger partial charge in [0.15, 0.2) is 0 Å². The van der Waals surface area contributed by atoms with Gasteiger partial charge in [-0.1, -0.05) is 61.5 Å². The molecule has 3 aliphatic carbocycles. The zero-order valence-corrected chi connectivity index (χ0v) is 20.9. The summed E-state index contributed by atoms with van der Waals surface area (Å²) in [5.74, 6) is 1.19. The molecule has 2 unspecified atom stereocenters. The Balaban J connectivity index is 1.14. The first kappa shape index (κ1) is 21.2. The highest BCUT2D eigenvalue weighted by Crippen LogP contribution is 2.69. The summed E-state index contributed by atoms with van der Waals surface area (Å²) in [6, 6.07) is 16.6. The lowest BCUT2D eigenvalue weighted by Crippen LogP contribution is -2.60. The van der Waals surface area contributed by atoms with Crippen molar-refractivity contribution in [2.75, 3.05) is 13.1 Å². The first-order valence-corrected chi connectivity index (χ1v) is 14.0. The Labute approximate surface area is 208 Å². The molecular weight excluding hydrogens is 430 g/mol. The van der Waals surface area contributed by atoms with E-state index < -0.39 is 0 Å². The van der Waals surface area contributed by atoms with E-state index in [9.17, 15) is 5.11 Å². The Hall–Kier alpha value is -1.94. The normalized spacial score (nSPS) is 42.6. The van der Waals surface area contributed by atoms with Crippen molar-refractivity contribution >= 4 is 10.8 Å². The van der Waals surface area contributed by atoms with Crippen LogP contribution in [-0.2, 0) is 4.74 Å². The monoisotopic (exact) mass is 467 g/mol. The molecule has 4 fully saturated rings. The molecule has 3 nitrogen and oxygen atoms in total. The minimum atomic E-state index is -0.120. The Morgan fingerprint density at radius 1 is 1.00 bits per heavy atom. The van der Waals surface area contributed by atoms with Gasteiger partial charge in [-0.2, -0.15) is 0 Å². The fourth-order valence-corrected chi connectivity index (χ4v) is 9.45. The maximum atomic E-state index is 9.88. The van der Waals surface area contributed by atoms with E-state index in [0.717, 1.165) is 25.9 Å². The average Bonchev–Trinajstić information content (AvgIpc) is 3.36. The molecule has 2 aromatic carbocycles. The predicted octanol–water partition coefficient (Wildman–Crippen LogP) is 6.13. The quantitative estimate of drug-likeness (QED) is 0.577. The van der Waals surface area contributed by atoms with Crippen molar-refractivity contribution in [1.82, 2.24) is 4.90 Å². The summed E-state index contributed by atoms with van der Waals surface area (Å²) >= 11 is 0. The highest BCUT2D eigenvalue weighted by atomic mass is 16.5. The lowest BCUT2D eigenvalue weighted by Gasteiger charge is -2.55. The molecule has 0 radical (unpaired) electrons. The number of β-amino-alcohol motifs (C(OH)–C–C–N with tert-alkyl or cyclic N) is 1. The highest BCUT2D eigenvalue weighted by Gasteiger charge is 2.66. The number of nitrogens with zero attached hydrogens (tertiary/aromatic N) is 1. The fourth-order valence-electron chi connectivity index (χ4n) is 9.45. The van der Waals surface area contributed by atoms with Crippen LogP contribution in [0.1, 0.15) is 69.8 Å². The third-order valence-electron chi connectivity index (χ3n) is 11.2. The van der Waals surface area contributed by atoms with Crippen LogP contribution in [0.25, 0.3) is 10.8 Å². The van der Waals surface area contributed by atoms with Gasteiger partial charge in [0.05, 0.1) is 17.3 Å². The minimum absolute atomic E-state index is 0.0555. The molecule has 2 saturated heterocycles. The Morgan fingerprint density at radius 2 is 1.86 bits per heavy atom. The standard InChI is InChI=1S/C32H37NO2/c1-30-13-12-25-17-24-8-9-26(33-19-27(34)20-33)18-31(24)14-15-32(25,35-31)29(30)11-10-28(30)23-7-6-21-4-2-3-5-22(21)16-23/h2-7,12,16-17,26-29,34H,8-11,13-15,18-20H2,1H3/t26-,28?,29+,30+,31+,32?/m0/s1. The molecule has 2 saturated carbocycles. The molecule has 3 aliphatic heterocycles. The van der Waals surface area contributed by atoms with Crippen LogP contribution in [0, 0.1) is 11.3 Å². The number of aliphatic hydroxyl groups excluding tert-OH is 1. The highest BCUT2D eigenvalue weighted by molar-refractivity contribution is 5.83. The molecule has 3 heterocycles. The molecule has 0 amide bonds. The lowest BCUT2D eigenvalue weighted by atomic mass is 9.58. The number of aliphatic hydroxyl groups is 1. The van der Waals surface area contributed by atoms with E-state index in [1.807, 2.05) is 0 Å². The van der Waals surface area contributed by atoms with Crippen molar-refractivity contribution in [2.45, 2.75) is 87.6 Å². The fraction of sp³-hybridized carbons (Fsp3) is 0.562. The molecule has 2 spiro atoms. The van der Waals surface area contributed by atoms with Crippen LogP contribution in [0.5, 0.6) is 0 Å². The zero-order chi connectivity index (χ0) is 23.4. The van der Waals surface area contributed by atoms with Crippen molar-refractivity contribution in [3.8, 4) is 0 Å². The Morgan fingerprint density at radius 3 is 2.71 bits per heavy atom. The third-order valence-corrected chi connectivity index (χ3v) is 11.2. The number of fused-ring (bicyclic) bond motifs is 2. The molecular formula is C32H37NO2. The summed E-state index contributed by atoms with van der Waals surface area (Å²) in [4.78, 5) is 2.51. The molecule has 3 heteroatoms. The second-order valence-corrected chi connectivity index (χ2v) is 12.8. The van der Waals surface area contributed by atoms with Crippen molar-refractivity contribution in [3.05, 3.63) is 71.3 Å². The summed E-state index contributed by atoms with van der Waals surface area (Å²) in [7, 11) is 0. The summed E-state index contributed by atoms with van der Waals surface area (Å²) in [6.45, 7) is 4.28. The average molecular weight is 468 g/mol. The summed E-state index contributed by atoms with van der Waals surface area (Å²) in [5, 5.41) is 12.6. The second-order valence-electron chi connectivity index (χ2n) is 12.8. The number of allylic oxidation sites excluding steroid dienone is 1. The van der Waals surface area contributed by atoms with E-state index in [-0.39, 0.29) is 22.7 Å². The van der Waals surface area contributed by atoms with E-state index in [4.69, 9.17) is 4.74 Å². The zero-order valence-electron chi connectivity index (χ0n) is 20.9. The SMILES string of the molecule is C[C@]12CC=C3C=C4CC[C@H](N5CC(O)C5)C[C@]45CCC3(O5)[C@@H]1CCC2c1ccc2ccccc2c1. The number of benzene rings is 2. The summed E-state index contributed by atoms with van der Waals surface area (Å²) in [5.41, 5.74) is 4.72. The summed E-state index contributed by atoms with van der Waals surface area (Å²) < 4.78 is 7.46. The van der Waals surface area contributed by atoms with Crippen LogP contribution in [0.15, 0.2) is 65.8 Å².